The molecule has 12 heteroatoms. The molecule has 0 spiro atoms. The van der Waals surface area contributed by atoms with Crippen LogP contribution in [0, 0.1) is 0 Å². The molecule has 0 fully saturated rings. The number of ether oxygens (including phenoxy) is 5. The van der Waals surface area contributed by atoms with E-state index >= 15 is 4.79 Å². The SMILES string of the molecule is CCCCCCCCCCCCCCCC(=O)Oc1cc(OC(=O)CCCCCCCCCCCCCCC)c2c(=O)c(OC(=O)CCCCCCCCCCCCCCC)c(-c3ccc(OC(=O)CCCCCCCCCCCCCCC)c(OC(=O)CCCCCCCCCCCCCCC)c3)oc2c1. The molecular weight excluding hydrogens is 1330 g/mol. The number of hydrogen-bond donors (Lipinski definition) is 0. The van der Waals surface area contributed by atoms with Crippen LogP contribution in [0.25, 0.3) is 22.3 Å². The Morgan fingerprint density at radius 1 is 0.252 bits per heavy atom. The highest BCUT2D eigenvalue weighted by Gasteiger charge is 2.27. The average Bonchev–Trinajstić information content (AvgIpc) is 0.754. The number of carbonyl (C=O) groups is 5. The van der Waals surface area contributed by atoms with Crippen molar-refractivity contribution in [3.8, 4) is 40.1 Å². The average molecular weight is 1490 g/mol. The quantitative estimate of drug-likeness (QED) is 0.0299. The van der Waals surface area contributed by atoms with Gasteiger partial charge in [0.1, 0.15) is 22.5 Å². The Hall–Kier alpha value is -5.00. The van der Waals surface area contributed by atoms with Crippen molar-refractivity contribution in [2.75, 3.05) is 0 Å². The van der Waals surface area contributed by atoms with E-state index < -0.39 is 41.0 Å². The molecule has 0 saturated carbocycles. The molecule has 3 rings (SSSR count). The van der Waals surface area contributed by atoms with E-state index in [9.17, 15) is 24.0 Å². The largest absolute Gasteiger partial charge is 0.452 e. The van der Waals surface area contributed by atoms with Gasteiger partial charge in [0.05, 0.1) is 0 Å². The molecule has 0 radical (unpaired) electrons. The predicted octanol–water partition coefficient (Wildman–Crippen LogP) is 30.4. The lowest BCUT2D eigenvalue weighted by atomic mass is 10.0. The van der Waals surface area contributed by atoms with Crippen LogP contribution in [0.5, 0.6) is 28.7 Å². The predicted molar refractivity (Wildman–Crippen MR) is 448 cm³/mol. The Morgan fingerprint density at radius 3 is 0.766 bits per heavy atom. The maximum atomic E-state index is 15.5. The molecule has 2 aromatic carbocycles. The summed E-state index contributed by atoms with van der Waals surface area (Å²) in [5.74, 6) is -3.39. The van der Waals surface area contributed by atoms with E-state index in [4.69, 9.17) is 28.1 Å². The molecule has 107 heavy (non-hydrogen) atoms. The van der Waals surface area contributed by atoms with Crippen molar-refractivity contribution in [1.29, 1.82) is 0 Å². The topological polar surface area (TPSA) is 162 Å². The smallest absolute Gasteiger partial charge is 0.311 e. The summed E-state index contributed by atoms with van der Waals surface area (Å²) in [6.07, 6.45) is 76.3. The zero-order valence-electron chi connectivity index (χ0n) is 69.8. The fraction of sp³-hybridized carbons (Fsp3) is 0.789. The summed E-state index contributed by atoms with van der Waals surface area (Å²) in [5.41, 5.74) is -0.660. The Kier molecular flexibility index (Phi) is 62.0. The first kappa shape index (κ1) is 96.2. The van der Waals surface area contributed by atoms with E-state index in [0.717, 1.165) is 103 Å². The molecule has 1 aromatic heterocycles. The monoisotopic (exact) mass is 1490 g/mol. The lowest BCUT2D eigenvalue weighted by Crippen LogP contribution is -2.18. The molecule has 3 aromatic rings. The maximum Gasteiger partial charge on any atom is 0.311 e. The number of benzene rings is 2. The molecule has 0 bridgehead atoms. The van der Waals surface area contributed by atoms with Crippen LogP contribution in [0.2, 0.25) is 0 Å². The molecular formula is C95H160O12. The minimum absolute atomic E-state index is 0.0238. The Morgan fingerprint density at radius 2 is 0.486 bits per heavy atom. The molecule has 612 valence electrons. The Balaban J connectivity index is 1.98. The number of carbonyl (C=O) groups excluding carboxylic acids is 5. The number of unbranched alkanes of at least 4 members (excludes halogenated alkanes) is 60. The Labute approximate surface area is 654 Å². The second kappa shape index (κ2) is 69.0. The van der Waals surface area contributed by atoms with Crippen LogP contribution in [-0.4, -0.2) is 29.8 Å². The standard InChI is InChI=1S/C95H160O12/c1-6-11-16-21-26-31-36-41-46-51-56-61-66-71-87(96)102-82-79-85(105-90(99)74-69-64-59-54-49-44-39-34-29-24-19-14-9-4)92-86(80-82)106-94(95(93(92)101)107-91(100)75-70-65-60-55-50-45-40-35-30-25-20-15-10-5)81-76-77-83(103-88(97)72-67-62-57-52-47-42-37-32-27-22-17-12-7-2)84(78-81)104-89(98)73-68-63-58-53-48-43-38-33-28-23-18-13-8-3/h76-80H,6-75H2,1-5H3. The third-order valence-electron chi connectivity index (χ3n) is 21.6. The molecule has 0 aliphatic rings. The summed E-state index contributed by atoms with van der Waals surface area (Å²) >= 11 is 0. The normalized spacial score (nSPS) is 11.4. The molecule has 0 saturated heterocycles. The maximum absolute atomic E-state index is 15.5. The van der Waals surface area contributed by atoms with Crippen LogP contribution < -0.4 is 29.1 Å². The summed E-state index contributed by atoms with van der Waals surface area (Å²) in [5, 5.41) is -0.157. The van der Waals surface area contributed by atoms with Gasteiger partial charge in [0, 0.05) is 49.8 Å². The van der Waals surface area contributed by atoms with Crippen LogP contribution in [0.15, 0.2) is 39.5 Å². The minimum Gasteiger partial charge on any atom is -0.452 e. The lowest BCUT2D eigenvalue weighted by Gasteiger charge is -2.16. The molecule has 0 amide bonds. The Bertz CT molecular complexity index is 2740. The molecule has 12 nitrogen and oxygen atoms in total. The van der Waals surface area contributed by atoms with Gasteiger partial charge < -0.3 is 28.1 Å². The second-order valence-electron chi connectivity index (χ2n) is 31.9. The summed E-state index contributed by atoms with van der Waals surface area (Å²) in [7, 11) is 0. The molecule has 0 unspecified atom stereocenters. The summed E-state index contributed by atoms with van der Waals surface area (Å²) in [6.45, 7) is 11.3. The van der Waals surface area contributed by atoms with Gasteiger partial charge in [-0.2, -0.15) is 0 Å². The highest BCUT2D eigenvalue weighted by Crippen LogP contribution is 2.41. The highest BCUT2D eigenvalue weighted by atomic mass is 16.6. The van der Waals surface area contributed by atoms with E-state index in [1.165, 1.54) is 307 Å². The minimum atomic E-state index is -0.775. The fourth-order valence-corrected chi connectivity index (χ4v) is 14.8. The van der Waals surface area contributed by atoms with E-state index in [1.54, 1.807) is 6.07 Å². The summed E-state index contributed by atoms with van der Waals surface area (Å²) < 4.78 is 37.2. The van der Waals surface area contributed by atoms with E-state index in [0.29, 0.717) is 32.1 Å². The van der Waals surface area contributed by atoms with E-state index in [2.05, 4.69) is 34.6 Å². The van der Waals surface area contributed by atoms with Gasteiger partial charge in [-0.15, -0.1) is 0 Å². The van der Waals surface area contributed by atoms with Crippen molar-refractivity contribution in [1.82, 2.24) is 0 Å². The molecule has 0 N–H and O–H groups in total. The van der Waals surface area contributed by atoms with Crippen LogP contribution in [0.3, 0.4) is 0 Å². The van der Waals surface area contributed by atoms with E-state index in [1.807, 2.05) is 0 Å². The van der Waals surface area contributed by atoms with Gasteiger partial charge in [0.2, 0.25) is 11.2 Å². The number of rotatable bonds is 76. The zero-order valence-corrected chi connectivity index (χ0v) is 69.8. The van der Waals surface area contributed by atoms with Gasteiger partial charge >= 0.3 is 29.8 Å². The van der Waals surface area contributed by atoms with Gasteiger partial charge in [-0.05, 0) is 50.3 Å². The fourth-order valence-electron chi connectivity index (χ4n) is 14.8. The molecule has 0 aliphatic carbocycles. The van der Waals surface area contributed by atoms with Gasteiger partial charge in [-0.25, -0.2) is 0 Å². The second-order valence-corrected chi connectivity index (χ2v) is 31.9. The molecule has 0 atom stereocenters. The van der Waals surface area contributed by atoms with Crippen LogP contribution in [0.4, 0.5) is 0 Å². The van der Waals surface area contributed by atoms with Crippen molar-refractivity contribution in [3.05, 3.63) is 40.6 Å². The third-order valence-corrected chi connectivity index (χ3v) is 21.6. The van der Waals surface area contributed by atoms with Crippen molar-refractivity contribution in [2.24, 2.45) is 0 Å². The summed E-state index contributed by atoms with van der Waals surface area (Å²) in [6, 6.07) is 7.42. The first-order chi connectivity index (χ1) is 52.5. The van der Waals surface area contributed by atoms with Crippen molar-refractivity contribution in [2.45, 2.75) is 484 Å². The van der Waals surface area contributed by atoms with Crippen LogP contribution in [0.1, 0.15) is 484 Å². The van der Waals surface area contributed by atoms with Gasteiger partial charge in [-0.1, -0.05) is 420 Å². The first-order valence-electron chi connectivity index (χ1n) is 45.9. The van der Waals surface area contributed by atoms with E-state index in [-0.39, 0.29) is 77.4 Å². The summed E-state index contributed by atoms with van der Waals surface area (Å²) in [4.78, 5) is 85.0. The molecule has 1 heterocycles. The third kappa shape index (κ3) is 51.2. The van der Waals surface area contributed by atoms with Crippen LogP contribution in [-0.2, 0) is 24.0 Å². The van der Waals surface area contributed by atoms with Crippen molar-refractivity contribution >= 4 is 40.8 Å². The number of esters is 5. The number of fused-ring (bicyclic) bond motifs is 1. The van der Waals surface area contributed by atoms with Gasteiger partial charge in [-0.3, -0.25) is 28.8 Å². The zero-order chi connectivity index (χ0) is 76.9. The van der Waals surface area contributed by atoms with Crippen molar-refractivity contribution in [3.63, 3.8) is 0 Å². The van der Waals surface area contributed by atoms with Gasteiger partial charge in [0.15, 0.2) is 17.3 Å². The lowest BCUT2D eigenvalue weighted by molar-refractivity contribution is -0.137. The highest BCUT2D eigenvalue weighted by molar-refractivity contribution is 5.92. The molecule has 0 aliphatic heterocycles. The first-order valence-corrected chi connectivity index (χ1v) is 45.9. The van der Waals surface area contributed by atoms with Crippen LogP contribution >= 0.6 is 0 Å². The van der Waals surface area contributed by atoms with Crippen molar-refractivity contribution < 1.29 is 52.1 Å². The van der Waals surface area contributed by atoms with Gasteiger partial charge in [0.25, 0.3) is 0 Å². The number of hydrogen-bond acceptors (Lipinski definition) is 12.